The summed E-state index contributed by atoms with van der Waals surface area (Å²) in [7, 11) is 0. The molecule has 0 atom stereocenters. The zero-order chi connectivity index (χ0) is 10.1. The Morgan fingerprint density at radius 1 is 1.50 bits per heavy atom. The third kappa shape index (κ3) is 2.07. The lowest BCUT2D eigenvalue weighted by atomic mass is 10.1. The van der Waals surface area contributed by atoms with Gasteiger partial charge in [0.2, 0.25) is 0 Å². The maximum absolute atomic E-state index is 10.7. The number of benzene rings is 1. The summed E-state index contributed by atoms with van der Waals surface area (Å²) in [6.45, 7) is 0. The second-order valence-corrected chi connectivity index (χ2v) is 4.17. The Hall–Kier alpha value is -1.02. The van der Waals surface area contributed by atoms with Gasteiger partial charge in [0, 0.05) is 0 Å². The maximum atomic E-state index is 10.7. The van der Waals surface area contributed by atoms with Crippen LogP contribution in [0.15, 0.2) is 18.2 Å². The first kappa shape index (κ1) is 9.53. The molecule has 0 saturated heterocycles. The van der Waals surface area contributed by atoms with E-state index in [4.69, 9.17) is 16.7 Å². The third-order valence-electron chi connectivity index (χ3n) is 2.49. The number of halogens is 1. The standard InChI is InChI=1S/C11H11ClO2/c12-10-6-8(5-7-1-2-7)3-4-9(10)11(13)14/h3-4,6-7H,1-2,5H2,(H,13,14). The van der Waals surface area contributed by atoms with Gasteiger partial charge in [-0.2, -0.15) is 0 Å². The Labute approximate surface area is 87.5 Å². The Balaban J connectivity index is 2.20. The predicted molar refractivity (Wildman–Crippen MR) is 54.8 cm³/mol. The molecule has 0 bridgehead atoms. The number of aromatic carboxylic acids is 1. The van der Waals surface area contributed by atoms with Gasteiger partial charge in [-0.15, -0.1) is 0 Å². The van der Waals surface area contributed by atoms with Gasteiger partial charge in [-0.05, 0) is 42.9 Å². The molecule has 1 aromatic carbocycles. The van der Waals surface area contributed by atoms with Crippen molar-refractivity contribution in [3.05, 3.63) is 34.3 Å². The summed E-state index contributed by atoms with van der Waals surface area (Å²) < 4.78 is 0. The van der Waals surface area contributed by atoms with E-state index < -0.39 is 5.97 Å². The highest BCUT2D eigenvalue weighted by molar-refractivity contribution is 6.33. The third-order valence-corrected chi connectivity index (χ3v) is 2.80. The normalized spacial score (nSPS) is 15.5. The Morgan fingerprint density at radius 3 is 2.71 bits per heavy atom. The zero-order valence-corrected chi connectivity index (χ0v) is 8.42. The minimum atomic E-state index is -0.965. The molecule has 1 aliphatic carbocycles. The van der Waals surface area contributed by atoms with Crippen molar-refractivity contribution < 1.29 is 9.90 Å². The predicted octanol–water partition coefficient (Wildman–Crippen LogP) is 2.99. The highest BCUT2D eigenvalue weighted by Crippen LogP contribution is 2.33. The van der Waals surface area contributed by atoms with Crippen LogP contribution in [0.25, 0.3) is 0 Å². The molecular formula is C11H11ClO2. The number of carbonyl (C=O) groups is 1. The van der Waals surface area contributed by atoms with Crippen molar-refractivity contribution in [3.8, 4) is 0 Å². The molecule has 1 aliphatic rings. The molecule has 0 spiro atoms. The van der Waals surface area contributed by atoms with E-state index in [0.29, 0.717) is 5.02 Å². The van der Waals surface area contributed by atoms with E-state index in [1.54, 1.807) is 12.1 Å². The van der Waals surface area contributed by atoms with Crippen molar-refractivity contribution >= 4 is 17.6 Å². The van der Waals surface area contributed by atoms with E-state index in [9.17, 15) is 4.79 Å². The van der Waals surface area contributed by atoms with Crippen molar-refractivity contribution in [2.24, 2.45) is 5.92 Å². The molecule has 0 unspecified atom stereocenters. The molecule has 0 aliphatic heterocycles. The molecule has 0 radical (unpaired) electrons. The van der Waals surface area contributed by atoms with Crippen molar-refractivity contribution in [1.29, 1.82) is 0 Å². The van der Waals surface area contributed by atoms with Crippen LogP contribution in [0.2, 0.25) is 5.02 Å². The largest absolute Gasteiger partial charge is 0.478 e. The average molecular weight is 211 g/mol. The van der Waals surface area contributed by atoms with Crippen LogP contribution < -0.4 is 0 Å². The number of rotatable bonds is 3. The van der Waals surface area contributed by atoms with E-state index in [1.165, 1.54) is 12.8 Å². The van der Waals surface area contributed by atoms with Crippen molar-refractivity contribution in [2.45, 2.75) is 19.3 Å². The molecule has 14 heavy (non-hydrogen) atoms. The first-order valence-electron chi connectivity index (χ1n) is 4.68. The highest BCUT2D eigenvalue weighted by Gasteiger charge is 2.21. The minimum absolute atomic E-state index is 0.186. The first-order chi connectivity index (χ1) is 6.66. The van der Waals surface area contributed by atoms with Crippen molar-refractivity contribution in [1.82, 2.24) is 0 Å². The van der Waals surface area contributed by atoms with Gasteiger partial charge < -0.3 is 5.11 Å². The lowest BCUT2D eigenvalue weighted by molar-refractivity contribution is 0.0697. The van der Waals surface area contributed by atoms with E-state index in [2.05, 4.69) is 0 Å². The van der Waals surface area contributed by atoms with Gasteiger partial charge in [0.15, 0.2) is 0 Å². The highest BCUT2D eigenvalue weighted by atomic mass is 35.5. The second kappa shape index (κ2) is 3.62. The van der Waals surface area contributed by atoms with Crippen LogP contribution >= 0.6 is 11.6 Å². The Kier molecular flexibility index (Phi) is 2.46. The number of carboxylic acids is 1. The van der Waals surface area contributed by atoms with Crippen molar-refractivity contribution in [2.75, 3.05) is 0 Å². The molecule has 1 aromatic rings. The summed E-state index contributed by atoms with van der Waals surface area (Å²) >= 11 is 5.85. The molecule has 1 N–H and O–H groups in total. The SMILES string of the molecule is O=C(O)c1ccc(CC2CC2)cc1Cl. The molecule has 0 amide bonds. The fourth-order valence-electron chi connectivity index (χ4n) is 1.51. The maximum Gasteiger partial charge on any atom is 0.337 e. The van der Waals surface area contributed by atoms with Crippen LogP contribution in [-0.4, -0.2) is 11.1 Å². The topological polar surface area (TPSA) is 37.3 Å². The molecule has 2 nitrogen and oxygen atoms in total. The first-order valence-corrected chi connectivity index (χ1v) is 5.06. The summed E-state index contributed by atoms with van der Waals surface area (Å²) in [5, 5.41) is 9.11. The van der Waals surface area contributed by atoms with Crippen LogP contribution in [0, 0.1) is 5.92 Å². The molecular weight excluding hydrogens is 200 g/mol. The van der Waals surface area contributed by atoms with Crippen LogP contribution in [0.1, 0.15) is 28.8 Å². The molecule has 3 heteroatoms. The van der Waals surface area contributed by atoms with Gasteiger partial charge in [-0.3, -0.25) is 0 Å². The van der Waals surface area contributed by atoms with Gasteiger partial charge in [-0.1, -0.05) is 17.7 Å². The Bertz CT molecular complexity index is 370. The molecule has 0 heterocycles. The Morgan fingerprint density at radius 2 is 2.21 bits per heavy atom. The van der Waals surface area contributed by atoms with Crippen LogP contribution in [0.3, 0.4) is 0 Å². The summed E-state index contributed by atoms with van der Waals surface area (Å²) in [6, 6.07) is 5.21. The van der Waals surface area contributed by atoms with E-state index >= 15 is 0 Å². The van der Waals surface area contributed by atoms with Gasteiger partial charge in [-0.25, -0.2) is 4.79 Å². The summed E-state index contributed by atoms with van der Waals surface area (Å²) in [5.74, 6) is -0.172. The van der Waals surface area contributed by atoms with Crippen molar-refractivity contribution in [3.63, 3.8) is 0 Å². The van der Waals surface area contributed by atoms with E-state index in [1.807, 2.05) is 6.07 Å². The summed E-state index contributed by atoms with van der Waals surface area (Å²) in [6.07, 6.45) is 3.61. The van der Waals surface area contributed by atoms with Crippen LogP contribution in [-0.2, 0) is 6.42 Å². The molecule has 2 rings (SSSR count). The van der Waals surface area contributed by atoms with Gasteiger partial charge in [0.05, 0.1) is 10.6 Å². The van der Waals surface area contributed by atoms with E-state index in [0.717, 1.165) is 17.9 Å². The molecule has 74 valence electrons. The summed E-state index contributed by atoms with van der Waals surface area (Å²) in [4.78, 5) is 10.7. The molecule has 0 aromatic heterocycles. The lowest BCUT2D eigenvalue weighted by Crippen LogP contribution is -1.98. The molecule has 1 fully saturated rings. The minimum Gasteiger partial charge on any atom is -0.478 e. The second-order valence-electron chi connectivity index (χ2n) is 3.77. The van der Waals surface area contributed by atoms with Gasteiger partial charge in [0.1, 0.15) is 0 Å². The number of hydrogen-bond acceptors (Lipinski definition) is 1. The van der Waals surface area contributed by atoms with Gasteiger partial charge >= 0.3 is 5.97 Å². The van der Waals surface area contributed by atoms with Crippen LogP contribution in [0.4, 0.5) is 0 Å². The fraction of sp³-hybridized carbons (Fsp3) is 0.364. The number of hydrogen-bond donors (Lipinski definition) is 1. The monoisotopic (exact) mass is 210 g/mol. The summed E-state index contributed by atoms with van der Waals surface area (Å²) in [5.41, 5.74) is 1.33. The smallest absolute Gasteiger partial charge is 0.337 e. The van der Waals surface area contributed by atoms with Crippen LogP contribution in [0.5, 0.6) is 0 Å². The van der Waals surface area contributed by atoms with Gasteiger partial charge in [0.25, 0.3) is 0 Å². The average Bonchev–Trinajstić information content (AvgIpc) is 2.87. The number of carboxylic acid groups (broad SMARTS) is 1. The quantitative estimate of drug-likeness (QED) is 0.833. The fourth-order valence-corrected chi connectivity index (χ4v) is 1.80. The lowest BCUT2D eigenvalue weighted by Gasteiger charge is -2.02. The zero-order valence-electron chi connectivity index (χ0n) is 7.66. The van der Waals surface area contributed by atoms with E-state index in [-0.39, 0.29) is 5.56 Å². The molecule has 1 saturated carbocycles.